The van der Waals surface area contributed by atoms with Gasteiger partial charge in [-0.05, 0) is 57.8 Å². The number of hydrogen-bond donors (Lipinski definition) is 3. The zero-order valence-corrected chi connectivity index (χ0v) is 63.6. The highest BCUT2D eigenvalue weighted by atomic mass is 31.2. The van der Waals surface area contributed by atoms with Gasteiger partial charge < -0.3 is 33.8 Å². The molecule has 0 radical (unpaired) electrons. The lowest BCUT2D eigenvalue weighted by molar-refractivity contribution is -0.161. The van der Waals surface area contributed by atoms with Crippen LogP contribution in [-0.4, -0.2) is 96.7 Å². The number of hydrogen-bond acceptors (Lipinski definition) is 15. The molecule has 0 aliphatic heterocycles. The van der Waals surface area contributed by atoms with Crippen molar-refractivity contribution in [1.82, 2.24) is 0 Å². The van der Waals surface area contributed by atoms with Gasteiger partial charge in [0, 0.05) is 25.7 Å². The Kier molecular flexibility index (Phi) is 69.1. The summed E-state index contributed by atoms with van der Waals surface area (Å²) in [6.07, 6.45) is 64.4. The molecule has 0 amide bonds. The zero-order chi connectivity index (χ0) is 70.4. The van der Waals surface area contributed by atoms with Gasteiger partial charge in [-0.3, -0.25) is 37.3 Å². The largest absolute Gasteiger partial charge is 0.472 e. The maximum absolute atomic E-state index is 13.1. The molecule has 0 aliphatic rings. The van der Waals surface area contributed by atoms with Gasteiger partial charge in [0.25, 0.3) is 0 Å². The van der Waals surface area contributed by atoms with Crippen molar-refractivity contribution in [2.24, 2.45) is 0 Å². The van der Waals surface area contributed by atoms with E-state index >= 15 is 0 Å². The summed E-state index contributed by atoms with van der Waals surface area (Å²) in [4.78, 5) is 72.9. The summed E-state index contributed by atoms with van der Waals surface area (Å²) in [5.74, 6) is -2.14. The molecular formula is C77H146O17P2. The van der Waals surface area contributed by atoms with E-state index in [0.717, 1.165) is 116 Å². The number of esters is 4. The molecule has 3 N–H and O–H groups in total. The molecule has 0 bridgehead atoms. The molecule has 0 aromatic rings. The second-order valence-electron chi connectivity index (χ2n) is 27.0. The van der Waals surface area contributed by atoms with Gasteiger partial charge in [-0.2, -0.15) is 0 Å². The molecular weight excluding hydrogens is 1260 g/mol. The Morgan fingerprint density at radius 1 is 0.292 bits per heavy atom. The standard InChI is InChI=1S/C77H146O17P2/c1-5-9-13-17-21-25-29-33-35-39-42-46-50-54-58-62-75(80)88-68-73(94-77(82)64-60-56-52-48-44-40-36-34-30-26-22-18-14-10-6-2)70-92-96(85,86)90-66-71(78)65-89-95(83,84)91-69-72(93-76(81)63-59-55-51-47-43-38-32-28-24-20-16-12-8-4)67-87-74(79)61-57-53-49-45-41-37-31-27-23-19-15-11-7-3/h21,25,33,35,71-73,78H,5-20,22-24,26-32,34,36-70H2,1-4H3,(H,83,84)(H,85,86)/b25-21-,35-33-/t71-,72-,73-/m1/s1. The van der Waals surface area contributed by atoms with Crippen LogP contribution in [0.2, 0.25) is 0 Å². The first-order chi connectivity index (χ1) is 46.7. The van der Waals surface area contributed by atoms with Crippen LogP contribution in [0.5, 0.6) is 0 Å². The van der Waals surface area contributed by atoms with Gasteiger partial charge >= 0.3 is 39.5 Å². The van der Waals surface area contributed by atoms with E-state index in [1.165, 1.54) is 193 Å². The molecule has 0 heterocycles. The van der Waals surface area contributed by atoms with Crippen molar-refractivity contribution >= 4 is 39.5 Å². The number of carbonyl (C=O) groups excluding carboxylic acids is 4. The summed E-state index contributed by atoms with van der Waals surface area (Å²) in [5, 5.41) is 10.6. The highest BCUT2D eigenvalue weighted by Crippen LogP contribution is 2.45. The van der Waals surface area contributed by atoms with E-state index in [0.29, 0.717) is 25.7 Å². The Hall–Kier alpha value is -2.46. The molecule has 0 fully saturated rings. The van der Waals surface area contributed by atoms with Crippen LogP contribution in [0, 0.1) is 0 Å². The molecule has 0 rings (SSSR count). The van der Waals surface area contributed by atoms with Gasteiger partial charge in [0.15, 0.2) is 12.2 Å². The van der Waals surface area contributed by atoms with Crippen LogP contribution >= 0.6 is 15.6 Å². The van der Waals surface area contributed by atoms with Crippen molar-refractivity contribution in [3.05, 3.63) is 24.3 Å². The molecule has 19 heteroatoms. The minimum atomic E-state index is -4.96. The Bertz CT molecular complexity index is 1920. The smallest absolute Gasteiger partial charge is 0.462 e. The highest BCUT2D eigenvalue weighted by Gasteiger charge is 2.30. The van der Waals surface area contributed by atoms with Crippen LogP contribution in [-0.2, 0) is 65.4 Å². The fourth-order valence-electron chi connectivity index (χ4n) is 11.4. The lowest BCUT2D eigenvalue weighted by Crippen LogP contribution is -2.30. The Balaban J connectivity index is 5.29. The molecule has 2 unspecified atom stereocenters. The number of unbranched alkanes of at least 4 members (excludes halogenated alkanes) is 46. The average Bonchev–Trinajstić information content (AvgIpc) is 1.36. The number of aliphatic hydroxyl groups is 1. The second kappa shape index (κ2) is 71.0. The Morgan fingerprint density at radius 2 is 0.510 bits per heavy atom. The zero-order valence-electron chi connectivity index (χ0n) is 61.8. The molecule has 5 atom stereocenters. The molecule has 566 valence electrons. The molecule has 0 spiro atoms. The number of aliphatic hydroxyl groups excluding tert-OH is 1. The van der Waals surface area contributed by atoms with Crippen LogP contribution in [0.15, 0.2) is 24.3 Å². The highest BCUT2D eigenvalue weighted by molar-refractivity contribution is 7.47. The van der Waals surface area contributed by atoms with E-state index in [1.807, 2.05) is 0 Å². The van der Waals surface area contributed by atoms with E-state index in [1.54, 1.807) is 0 Å². The fourth-order valence-corrected chi connectivity index (χ4v) is 13.0. The Labute approximate surface area is 586 Å². The van der Waals surface area contributed by atoms with Crippen molar-refractivity contribution in [2.45, 2.75) is 406 Å². The normalized spacial score (nSPS) is 14.0. The number of phosphoric acid groups is 2. The second-order valence-corrected chi connectivity index (χ2v) is 29.9. The maximum Gasteiger partial charge on any atom is 0.472 e. The quantitative estimate of drug-likeness (QED) is 0.0169. The van der Waals surface area contributed by atoms with Crippen LogP contribution in [0.3, 0.4) is 0 Å². The number of rotatable bonds is 76. The van der Waals surface area contributed by atoms with Crippen molar-refractivity contribution in [3.63, 3.8) is 0 Å². The third kappa shape index (κ3) is 70.0. The lowest BCUT2D eigenvalue weighted by Gasteiger charge is -2.21. The topological polar surface area (TPSA) is 237 Å². The van der Waals surface area contributed by atoms with Crippen LogP contribution in [0.4, 0.5) is 0 Å². The average molecular weight is 1410 g/mol. The molecule has 96 heavy (non-hydrogen) atoms. The van der Waals surface area contributed by atoms with Crippen LogP contribution in [0.25, 0.3) is 0 Å². The van der Waals surface area contributed by atoms with Gasteiger partial charge in [-0.25, -0.2) is 9.13 Å². The third-order valence-corrected chi connectivity index (χ3v) is 19.4. The van der Waals surface area contributed by atoms with Crippen LogP contribution in [0.1, 0.15) is 387 Å². The van der Waals surface area contributed by atoms with E-state index in [-0.39, 0.29) is 25.7 Å². The molecule has 0 aromatic heterocycles. The van der Waals surface area contributed by atoms with Crippen molar-refractivity contribution in [2.75, 3.05) is 39.6 Å². The van der Waals surface area contributed by atoms with Crippen molar-refractivity contribution in [3.8, 4) is 0 Å². The minimum Gasteiger partial charge on any atom is -0.462 e. The van der Waals surface area contributed by atoms with Gasteiger partial charge in [0.2, 0.25) is 0 Å². The predicted octanol–water partition coefficient (Wildman–Crippen LogP) is 22.6. The summed E-state index contributed by atoms with van der Waals surface area (Å²) in [6, 6.07) is 0. The first-order valence-electron chi connectivity index (χ1n) is 39.6. The van der Waals surface area contributed by atoms with Gasteiger partial charge in [0.1, 0.15) is 19.3 Å². The fraction of sp³-hybridized carbons (Fsp3) is 0.896. The first kappa shape index (κ1) is 93.5. The molecule has 17 nitrogen and oxygen atoms in total. The third-order valence-electron chi connectivity index (χ3n) is 17.4. The number of carbonyl (C=O) groups is 4. The maximum atomic E-state index is 13.1. The summed E-state index contributed by atoms with van der Waals surface area (Å²) in [6.45, 7) is 4.94. The van der Waals surface area contributed by atoms with Gasteiger partial charge in [-0.1, -0.05) is 328 Å². The number of phosphoric ester groups is 2. The van der Waals surface area contributed by atoms with E-state index < -0.39 is 97.5 Å². The summed E-state index contributed by atoms with van der Waals surface area (Å²) < 4.78 is 68.6. The summed E-state index contributed by atoms with van der Waals surface area (Å²) in [7, 11) is -9.92. The molecule has 0 aliphatic carbocycles. The van der Waals surface area contributed by atoms with Crippen molar-refractivity contribution in [1.29, 1.82) is 0 Å². The first-order valence-corrected chi connectivity index (χ1v) is 42.6. The SMILES string of the molecule is CCCCC/C=C\C/C=C\CCCCCCCC(=O)OC[C@H](COP(=O)(O)OC[C@H](O)COP(=O)(O)OC[C@@H](COC(=O)CCCCCCCCCCCCCCC)OC(=O)CCCCCCCCCCCCCCC)OC(=O)CCCCCCCCCCCCCCCCC. The van der Waals surface area contributed by atoms with Gasteiger partial charge in [0.05, 0.1) is 26.4 Å². The van der Waals surface area contributed by atoms with Gasteiger partial charge in [-0.15, -0.1) is 0 Å². The minimum absolute atomic E-state index is 0.102. The molecule has 0 saturated heterocycles. The van der Waals surface area contributed by atoms with Crippen LogP contribution < -0.4 is 0 Å². The monoisotopic (exact) mass is 1410 g/mol. The molecule has 0 aromatic carbocycles. The summed E-state index contributed by atoms with van der Waals surface area (Å²) >= 11 is 0. The number of allylic oxidation sites excluding steroid dienone is 4. The van der Waals surface area contributed by atoms with E-state index in [9.17, 15) is 43.2 Å². The van der Waals surface area contributed by atoms with E-state index in [2.05, 4.69) is 52.0 Å². The van der Waals surface area contributed by atoms with Crippen molar-refractivity contribution < 1.29 is 80.2 Å². The van der Waals surface area contributed by atoms with E-state index in [4.69, 9.17) is 37.0 Å². The predicted molar refractivity (Wildman–Crippen MR) is 391 cm³/mol. The molecule has 0 saturated carbocycles. The Morgan fingerprint density at radius 3 is 0.792 bits per heavy atom. The lowest BCUT2D eigenvalue weighted by atomic mass is 10.0. The number of ether oxygens (including phenoxy) is 4. The summed E-state index contributed by atoms with van der Waals surface area (Å²) in [5.41, 5.74) is 0.